The first-order chi connectivity index (χ1) is 9.66. The third kappa shape index (κ3) is 3.03. The molecular weight excluding hydrogens is 288 g/mol. The average molecular weight is 310 g/mol. The summed E-state index contributed by atoms with van der Waals surface area (Å²) in [6.45, 7) is 5.40. The Morgan fingerprint density at radius 1 is 1.33 bits per heavy atom. The second-order valence-electron chi connectivity index (χ2n) is 5.99. The summed E-state index contributed by atoms with van der Waals surface area (Å²) in [7, 11) is -3.23. The van der Waals surface area contributed by atoms with Crippen LogP contribution in [0.4, 0.5) is 11.4 Å². The molecule has 3 N–H and O–H groups in total. The van der Waals surface area contributed by atoms with Crippen LogP contribution in [-0.4, -0.2) is 50.4 Å². The summed E-state index contributed by atoms with van der Waals surface area (Å²) in [5, 5.41) is 7.54. The zero-order valence-electron chi connectivity index (χ0n) is 12.6. The summed E-state index contributed by atoms with van der Waals surface area (Å²) < 4.78 is 25.3. The molecule has 6 nitrogen and oxygen atoms in total. The molecule has 1 aromatic rings. The van der Waals surface area contributed by atoms with Gasteiger partial charge >= 0.3 is 0 Å². The van der Waals surface area contributed by atoms with Crippen LogP contribution in [0, 0.1) is 5.41 Å². The van der Waals surface area contributed by atoms with E-state index in [2.05, 4.69) is 4.90 Å². The maximum absolute atomic E-state index is 11.9. The van der Waals surface area contributed by atoms with Gasteiger partial charge in [-0.25, -0.2) is 8.42 Å². The third-order valence-corrected chi connectivity index (χ3v) is 5.31. The fourth-order valence-corrected chi connectivity index (χ4v) is 4.33. The van der Waals surface area contributed by atoms with E-state index in [0.29, 0.717) is 30.9 Å². The Bertz CT molecular complexity index is 655. The van der Waals surface area contributed by atoms with Crippen LogP contribution in [0.15, 0.2) is 18.2 Å². The molecule has 1 fully saturated rings. The number of anilines is 2. The molecule has 0 amide bonds. The van der Waals surface area contributed by atoms with Gasteiger partial charge in [-0.3, -0.25) is 0 Å². The maximum Gasteiger partial charge on any atom is 0.211 e. The molecule has 1 aliphatic rings. The quantitative estimate of drug-likeness (QED) is 0.647. The predicted octanol–water partition coefficient (Wildman–Crippen LogP) is 1.13. The Morgan fingerprint density at radius 2 is 2.00 bits per heavy atom. The van der Waals surface area contributed by atoms with E-state index in [1.165, 1.54) is 16.8 Å². The van der Waals surface area contributed by atoms with Crippen LogP contribution in [0.1, 0.15) is 19.4 Å². The standard InChI is InChI=1S/C14H22N4O2S/c1-14(2)10-17(7-8-18(14)21(3,19)20)13-6-4-5-12(16)11(13)9-15/h4-6,9,15H,7-8,10,16H2,1-3H3. The number of rotatable bonds is 3. The molecule has 1 heterocycles. The summed E-state index contributed by atoms with van der Waals surface area (Å²) in [6.07, 6.45) is 2.49. The van der Waals surface area contributed by atoms with Crippen LogP contribution in [0.25, 0.3) is 0 Å². The van der Waals surface area contributed by atoms with E-state index in [-0.39, 0.29) is 0 Å². The smallest absolute Gasteiger partial charge is 0.211 e. The lowest BCUT2D eigenvalue weighted by Gasteiger charge is -2.46. The number of nitrogens with one attached hydrogen (secondary N) is 1. The van der Waals surface area contributed by atoms with Crippen molar-refractivity contribution >= 4 is 27.6 Å². The lowest BCUT2D eigenvalue weighted by atomic mass is 10.0. The highest BCUT2D eigenvalue weighted by Crippen LogP contribution is 2.30. The highest BCUT2D eigenvalue weighted by Gasteiger charge is 2.39. The van der Waals surface area contributed by atoms with Crippen LogP contribution in [0.3, 0.4) is 0 Å². The van der Waals surface area contributed by atoms with Crippen molar-refractivity contribution in [3.8, 4) is 0 Å². The molecule has 2 rings (SSSR count). The van der Waals surface area contributed by atoms with Gasteiger partial charge in [0.1, 0.15) is 0 Å². The highest BCUT2D eigenvalue weighted by atomic mass is 32.2. The van der Waals surface area contributed by atoms with Crippen molar-refractivity contribution in [1.29, 1.82) is 5.41 Å². The maximum atomic E-state index is 11.9. The zero-order valence-corrected chi connectivity index (χ0v) is 13.4. The van der Waals surface area contributed by atoms with Crippen LogP contribution in [0.5, 0.6) is 0 Å². The van der Waals surface area contributed by atoms with Crippen molar-refractivity contribution in [2.75, 3.05) is 36.5 Å². The second-order valence-corrected chi connectivity index (χ2v) is 7.90. The topological polar surface area (TPSA) is 90.5 Å². The third-order valence-electron chi connectivity index (χ3n) is 3.83. The summed E-state index contributed by atoms with van der Waals surface area (Å²) in [4.78, 5) is 2.10. The normalized spacial score (nSPS) is 19.5. The summed E-state index contributed by atoms with van der Waals surface area (Å²) >= 11 is 0. The largest absolute Gasteiger partial charge is 0.398 e. The minimum atomic E-state index is -3.23. The van der Waals surface area contributed by atoms with Crippen molar-refractivity contribution in [2.45, 2.75) is 19.4 Å². The van der Waals surface area contributed by atoms with E-state index in [0.717, 1.165) is 5.69 Å². The van der Waals surface area contributed by atoms with E-state index < -0.39 is 15.6 Å². The SMILES string of the molecule is CC1(C)CN(c2cccc(N)c2C=N)CCN1S(C)(=O)=O. The van der Waals surface area contributed by atoms with Crippen molar-refractivity contribution in [2.24, 2.45) is 0 Å². The van der Waals surface area contributed by atoms with E-state index in [4.69, 9.17) is 11.1 Å². The molecule has 1 saturated heterocycles. The van der Waals surface area contributed by atoms with Crippen molar-refractivity contribution in [3.05, 3.63) is 23.8 Å². The van der Waals surface area contributed by atoms with Gasteiger partial charge in [0.2, 0.25) is 10.0 Å². The average Bonchev–Trinajstić information content (AvgIpc) is 2.35. The van der Waals surface area contributed by atoms with E-state index in [9.17, 15) is 8.42 Å². The van der Waals surface area contributed by atoms with Gasteiger partial charge in [0.05, 0.1) is 6.26 Å². The minimum absolute atomic E-state index is 0.429. The lowest BCUT2D eigenvalue weighted by Crippen LogP contribution is -2.61. The number of benzene rings is 1. The zero-order chi connectivity index (χ0) is 15.8. The number of piperazine rings is 1. The molecule has 0 saturated carbocycles. The molecule has 0 bridgehead atoms. The molecule has 0 unspecified atom stereocenters. The molecule has 0 spiro atoms. The van der Waals surface area contributed by atoms with Crippen LogP contribution in [-0.2, 0) is 10.0 Å². The molecule has 1 aromatic carbocycles. The number of hydrogen-bond acceptors (Lipinski definition) is 5. The van der Waals surface area contributed by atoms with Crippen molar-refractivity contribution in [3.63, 3.8) is 0 Å². The van der Waals surface area contributed by atoms with Gasteiger partial charge in [0.25, 0.3) is 0 Å². The van der Waals surface area contributed by atoms with Crippen LogP contribution >= 0.6 is 0 Å². The van der Waals surface area contributed by atoms with E-state index >= 15 is 0 Å². The second kappa shape index (κ2) is 5.31. The molecule has 1 aliphatic heterocycles. The Labute approximate surface area is 126 Å². The lowest BCUT2D eigenvalue weighted by molar-refractivity contribution is 0.206. The Kier molecular flexibility index (Phi) is 3.99. The molecule has 7 heteroatoms. The highest BCUT2D eigenvalue weighted by molar-refractivity contribution is 7.88. The molecular formula is C14H22N4O2S. The first-order valence-electron chi connectivity index (χ1n) is 6.78. The first-order valence-corrected chi connectivity index (χ1v) is 8.63. The molecule has 0 atom stereocenters. The number of nitrogen functional groups attached to an aromatic ring is 1. The van der Waals surface area contributed by atoms with Gasteiger partial charge in [-0.15, -0.1) is 0 Å². The van der Waals surface area contributed by atoms with Crippen LogP contribution in [0.2, 0.25) is 0 Å². The Morgan fingerprint density at radius 3 is 2.52 bits per heavy atom. The molecule has 0 aromatic heterocycles. The van der Waals surface area contributed by atoms with E-state index in [1.807, 2.05) is 26.0 Å². The Balaban J connectivity index is 2.35. The molecule has 116 valence electrons. The monoisotopic (exact) mass is 310 g/mol. The fourth-order valence-electron chi connectivity index (χ4n) is 2.96. The van der Waals surface area contributed by atoms with Crippen LogP contribution < -0.4 is 10.6 Å². The minimum Gasteiger partial charge on any atom is -0.398 e. The van der Waals surface area contributed by atoms with Gasteiger partial charge in [0, 0.05) is 48.3 Å². The van der Waals surface area contributed by atoms with Gasteiger partial charge in [-0.1, -0.05) is 6.07 Å². The Hall–Kier alpha value is -1.60. The first kappa shape index (κ1) is 15.8. The fraction of sp³-hybridized carbons (Fsp3) is 0.500. The van der Waals surface area contributed by atoms with Gasteiger partial charge in [0.15, 0.2) is 0 Å². The number of nitrogens with zero attached hydrogens (tertiary/aromatic N) is 2. The van der Waals surface area contributed by atoms with E-state index in [1.54, 1.807) is 6.07 Å². The van der Waals surface area contributed by atoms with Crippen molar-refractivity contribution in [1.82, 2.24) is 4.31 Å². The number of hydrogen-bond donors (Lipinski definition) is 2. The predicted molar refractivity (Wildman–Crippen MR) is 86.6 cm³/mol. The summed E-state index contributed by atoms with van der Waals surface area (Å²) in [5.74, 6) is 0. The molecule has 0 radical (unpaired) electrons. The van der Waals surface area contributed by atoms with Gasteiger partial charge in [-0.05, 0) is 26.0 Å². The van der Waals surface area contributed by atoms with Gasteiger partial charge < -0.3 is 16.0 Å². The van der Waals surface area contributed by atoms with Gasteiger partial charge in [-0.2, -0.15) is 4.31 Å². The van der Waals surface area contributed by atoms with Crippen molar-refractivity contribution < 1.29 is 8.42 Å². The summed E-state index contributed by atoms with van der Waals surface area (Å²) in [5.41, 5.74) is 7.54. The number of nitrogens with two attached hydrogens (primary N) is 1. The number of sulfonamides is 1. The summed E-state index contributed by atoms with van der Waals surface area (Å²) in [6, 6.07) is 5.54. The molecule has 0 aliphatic carbocycles. The molecule has 21 heavy (non-hydrogen) atoms.